The third-order valence-electron chi connectivity index (χ3n) is 5.65. The van der Waals surface area contributed by atoms with E-state index in [2.05, 4.69) is 75.7 Å². The van der Waals surface area contributed by atoms with Crippen molar-refractivity contribution in [3.05, 3.63) is 35.4 Å². The van der Waals surface area contributed by atoms with Gasteiger partial charge in [-0.25, -0.2) is 0 Å². The molecule has 0 amide bonds. The maximum Gasteiger partial charge on any atom is 0.0876 e. The lowest BCUT2D eigenvalue weighted by atomic mass is 9.71. The van der Waals surface area contributed by atoms with Gasteiger partial charge in [0.05, 0.1) is 12.2 Å². The maximum absolute atomic E-state index is 6.37. The molecule has 2 aliphatic heterocycles. The highest BCUT2D eigenvalue weighted by molar-refractivity contribution is 5.25. The summed E-state index contributed by atoms with van der Waals surface area (Å²) in [6, 6.07) is 8.70. The van der Waals surface area contributed by atoms with Crippen LogP contribution in [-0.2, 0) is 10.3 Å². The van der Waals surface area contributed by atoms with E-state index in [-0.39, 0.29) is 11.1 Å². The minimum Gasteiger partial charge on any atom is -0.369 e. The summed E-state index contributed by atoms with van der Waals surface area (Å²) in [6.07, 6.45) is 0. The highest BCUT2D eigenvalue weighted by Gasteiger charge is 2.53. The number of nitrogens with zero attached hydrogens (tertiary/aromatic N) is 2. The second-order valence-electron chi connectivity index (χ2n) is 9.01. The Balaban J connectivity index is 0.000000855. The SMILES string of the molecule is CC.CC.Cc1ccc(C(C)(C)OCC(C)(C)N2CC3(CN(C)C3)C2)cc1. The number of hydrogen-bond donors (Lipinski definition) is 0. The summed E-state index contributed by atoms with van der Waals surface area (Å²) >= 11 is 0. The van der Waals surface area contributed by atoms with E-state index in [0.717, 1.165) is 6.61 Å². The highest BCUT2D eigenvalue weighted by Crippen LogP contribution is 2.42. The van der Waals surface area contributed by atoms with Crippen LogP contribution in [0, 0.1) is 12.3 Å². The molecule has 3 rings (SSSR count). The van der Waals surface area contributed by atoms with Gasteiger partial charge in [-0.2, -0.15) is 0 Å². The van der Waals surface area contributed by atoms with Crippen LogP contribution in [0.2, 0.25) is 0 Å². The van der Waals surface area contributed by atoms with Crippen molar-refractivity contribution in [1.29, 1.82) is 0 Å². The van der Waals surface area contributed by atoms with Gasteiger partial charge in [-0.3, -0.25) is 4.90 Å². The van der Waals surface area contributed by atoms with Crippen molar-refractivity contribution in [2.45, 2.75) is 73.5 Å². The van der Waals surface area contributed by atoms with E-state index in [1.165, 1.54) is 37.3 Å². The van der Waals surface area contributed by atoms with Crippen LogP contribution in [0.25, 0.3) is 0 Å². The second kappa shape index (κ2) is 9.54. The zero-order valence-corrected chi connectivity index (χ0v) is 19.6. The van der Waals surface area contributed by atoms with Crippen molar-refractivity contribution >= 4 is 0 Å². The summed E-state index contributed by atoms with van der Waals surface area (Å²) in [5, 5.41) is 0. The molecule has 3 heteroatoms. The molecule has 2 fully saturated rings. The zero-order chi connectivity index (χ0) is 20.9. The van der Waals surface area contributed by atoms with Crippen molar-refractivity contribution in [3.63, 3.8) is 0 Å². The predicted octanol–water partition coefficient (Wildman–Crippen LogP) is 5.33. The quantitative estimate of drug-likeness (QED) is 0.691. The molecule has 0 atom stereocenters. The Kier molecular flexibility index (Phi) is 8.53. The summed E-state index contributed by atoms with van der Waals surface area (Å²) < 4.78 is 6.37. The molecule has 0 aromatic heterocycles. The van der Waals surface area contributed by atoms with Crippen molar-refractivity contribution in [3.8, 4) is 0 Å². The molecule has 0 saturated carbocycles. The van der Waals surface area contributed by atoms with Gasteiger partial charge in [-0.1, -0.05) is 57.5 Å². The van der Waals surface area contributed by atoms with Gasteiger partial charge >= 0.3 is 0 Å². The second-order valence-corrected chi connectivity index (χ2v) is 9.01. The molecule has 27 heavy (non-hydrogen) atoms. The van der Waals surface area contributed by atoms with Crippen LogP contribution in [0.3, 0.4) is 0 Å². The van der Waals surface area contributed by atoms with Crippen LogP contribution < -0.4 is 0 Å². The third kappa shape index (κ3) is 5.79. The normalized spacial score (nSPS) is 19.2. The smallest absolute Gasteiger partial charge is 0.0876 e. The van der Waals surface area contributed by atoms with Crippen LogP contribution >= 0.6 is 0 Å². The summed E-state index contributed by atoms with van der Waals surface area (Å²) in [4.78, 5) is 5.01. The minimum absolute atomic E-state index is 0.0986. The third-order valence-corrected chi connectivity index (χ3v) is 5.65. The Morgan fingerprint density at radius 1 is 0.889 bits per heavy atom. The fourth-order valence-electron chi connectivity index (χ4n) is 3.98. The van der Waals surface area contributed by atoms with Crippen molar-refractivity contribution in [2.24, 2.45) is 5.41 Å². The lowest BCUT2D eigenvalue weighted by molar-refractivity contribution is -0.165. The highest BCUT2D eigenvalue weighted by atomic mass is 16.5. The molecular formula is C24H44N2O. The predicted molar refractivity (Wildman–Crippen MR) is 118 cm³/mol. The van der Waals surface area contributed by atoms with E-state index in [0.29, 0.717) is 5.41 Å². The molecule has 2 heterocycles. The van der Waals surface area contributed by atoms with Gasteiger partial charge in [0, 0.05) is 37.1 Å². The van der Waals surface area contributed by atoms with Crippen LogP contribution in [0.15, 0.2) is 24.3 Å². The van der Waals surface area contributed by atoms with E-state index in [9.17, 15) is 0 Å². The van der Waals surface area contributed by atoms with Gasteiger partial charge < -0.3 is 9.64 Å². The zero-order valence-electron chi connectivity index (χ0n) is 19.6. The first-order chi connectivity index (χ1) is 12.6. The molecule has 2 saturated heterocycles. The molecule has 0 unspecified atom stereocenters. The first-order valence-corrected chi connectivity index (χ1v) is 10.8. The number of hydrogen-bond acceptors (Lipinski definition) is 3. The van der Waals surface area contributed by atoms with Crippen LogP contribution in [0.5, 0.6) is 0 Å². The number of likely N-dealkylation sites (tertiary alicyclic amines) is 2. The van der Waals surface area contributed by atoms with Crippen molar-refractivity contribution in [1.82, 2.24) is 9.80 Å². The number of benzene rings is 1. The van der Waals surface area contributed by atoms with Crippen molar-refractivity contribution < 1.29 is 4.74 Å². The summed E-state index contributed by atoms with van der Waals surface area (Å²) in [5.41, 5.74) is 2.98. The molecule has 0 bridgehead atoms. The summed E-state index contributed by atoms with van der Waals surface area (Å²) in [6.45, 7) is 24.8. The van der Waals surface area contributed by atoms with E-state index >= 15 is 0 Å². The fourth-order valence-corrected chi connectivity index (χ4v) is 3.98. The van der Waals surface area contributed by atoms with Gasteiger partial charge in [0.25, 0.3) is 0 Å². The Hall–Kier alpha value is -0.900. The van der Waals surface area contributed by atoms with Gasteiger partial charge in [0.15, 0.2) is 0 Å². The Morgan fingerprint density at radius 3 is 1.81 bits per heavy atom. The molecule has 1 aromatic carbocycles. The lowest BCUT2D eigenvalue weighted by Gasteiger charge is -2.63. The average Bonchev–Trinajstić information content (AvgIpc) is 2.59. The molecular weight excluding hydrogens is 332 g/mol. The standard InChI is InChI=1S/C20H32N2O.2C2H6/c1-16-7-9-17(10-8-16)19(4,5)23-15-18(2,3)22-13-20(14-22)11-21(6)12-20;2*1-2/h7-10H,11-15H2,1-6H3;2*1-2H3. The summed E-state index contributed by atoms with van der Waals surface area (Å²) in [7, 11) is 2.21. The molecule has 0 N–H and O–H groups in total. The fraction of sp³-hybridized carbons (Fsp3) is 0.750. The maximum atomic E-state index is 6.37. The summed E-state index contributed by atoms with van der Waals surface area (Å²) in [5.74, 6) is 0. The number of aryl methyl sites for hydroxylation is 1. The Labute approximate surface area is 169 Å². The minimum atomic E-state index is -0.246. The van der Waals surface area contributed by atoms with E-state index in [1.54, 1.807) is 0 Å². The van der Waals surface area contributed by atoms with Gasteiger partial charge in [0.1, 0.15) is 0 Å². The largest absolute Gasteiger partial charge is 0.369 e. The van der Waals surface area contributed by atoms with E-state index < -0.39 is 0 Å². The topological polar surface area (TPSA) is 15.7 Å². The molecule has 2 aliphatic rings. The molecule has 156 valence electrons. The lowest BCUT2D eigenvalue weighted by Crippen LogP contribution is -2.75. The van der Waals surface area contributed by atoms with Crippen LogP contribution in [0.1, 0.15) is 66.5 Å². The molecule has 0 aliphatic carbocycles. The van der Waals surface area contributed by atoms with Crippen LogP contribution in [-0.4, -0.2) is 55.2 Å². The van der Waals surface area contributed by atoms with Gasteiger partial charge in [-0.05, 0) is 47.2 Å². The van der Waals surface area contributed by atoms with Gasteiger partial charge in [-0.15, -0.1) is 0 Å². The van der Waals surface area contributed by atoms with Gasteiger partial charge in [0.2, 0.25) is 0 Å². The molecule has 1 aromatic rings. The first-order valence-electron chi connectivity index (χ1n) is 10.8. The van der Waals surface area contributed by atoms with E-state index in [4.69, 9.17) is 4.74 Å². The first kappa shape index (κ1) is 24.1. The molecule has 3 nitrogen and oxygen atoms in total. The van der Waals surface area contributed by atoms with Crippen molar-refractivity contribution in [2.75, 3.05) is 39.8 Å². The van der Waals surface area contributed by atoms with E-state index in [1.807, 2.05) is 27.7 Å². The molecule has 0 radical (unpaired) electrons. The Morgan fingerprint density at radius 2 is 1.37 bits per heavy atom. The average molecular weight is 377 g/mol. The number of rotatable bonds is 5. The molecule has 1 spiro atoms. The monoisotopic (exact) mass is 376 g/mol. The van der Waals surface area contributed by atoms with Crippen LogP contribution in [0.4, 0.5) is 0 Å². The Bertz CT molecular complexity index is 548. The number of ether oxygens (including phenoxy) is 1.